The molecular formula is C15H21N3O5S2. The van der Waals surface area contributed by atoms with Crippen LogP contribution in [0.4, 0.5) is 0 Å². The van der Waals surface area contributed by atoms with Gasteiger partial charge in [0.15, 0.2) is 0 Å². The van der Waals surface area contributed by atoms with Crippen molar-refractivity contribution in [3.05, 3.63) is 18.0 Å². The number of nitrogens with zero attached hydrogens (tertiary/aromatic N) is 1. The summed E-state index contributed by atoms with van der Waals surface area (Å²) in [5, 5.41) is 11.8. The Morgan fingerprint density at radius 1 is 1.32 bits per heavy atom. The van der Waals surface area contributed by atoms with Crippen molar-refractivity contribution in [3.63, 3.8) is 0 Å². The second-order valence-electron chi connectivity index (χ2n) is 6.42. The first-order chi connectivity index (χ1) is 11.8. The summed E-state index contributed by atoms with van der Waals surface area (Å²) in [6.45, 7) is 0.920. The van der Waals surface area contributed by atoms with E-state index < -0.39 is 27.4 Å². The second-order valence-corrected chi connectivity index (χ2v) is 9.59. The predicted octanol–water partition coefficient (Wildman–Crippen LogP) is 0.879. The largest absolute Gasteiger partial charge is 0.481 e. The number of carboxylic acids is 1. The summed E-state index contributed by atoms with van der Waals surface area (Å²) in [5.41, 5.74) is -0.599. The van der Waals surface area contributed by atoms with Crippen LogP contribution in [0.3, 0.4) is 0 Å². The molecule has 0 unspecified atom stereocenters. The zero-order valence-electron chi connectivity index (χ0n) is 13.7. The third kappa shape index (κ3) is 3.85. The van der Waals surface area contributed by atoms with E-state index in [0.717, 1.165) is 17.9 Å². The van der Waals surface area contributed by atoms with Crippen LogP contribution in [-0.2, 0) is 14.8 Å². The van der Waals surface area contributed by atoms with Gasteiger partial charge >= 0.3 is 5.97 Å². The minimum atomic E-state index is -3.61. The molecule has 1 aromatic heterocycles. The van der Waals surface area contributed by atoms with Crippen molar-refractivity contribution in [1.82, 2.24) is 14.6 Å². The Balaban J connectivity index is 1.72. The number of hydrogen-bond donors (Lipinski definition) is 3. The fourth-order valence-corrected chi connectivity index (χ4v) is 5.71. The van der Waals surface area contributed by atoms with Gasteiger partial charge < -0.3 is 15.4 Å². The molecule has 10 heteroatoms. The Morgan fingerprint density at radius 3 is 2.56 bits per heavy atom. The molecule has 1 saturated heterocycles. The number of hydrogen-bond acceptors (Lipinski definition) is 5. The van der Waals surface area contributed by atoms with Crippen molar-refractivity contribution in [2.75, 3.05) is 24.6 Å². The lowest BCUT2D eigenvalue weighted by Crippen LogP contribution is -2.54. The number of carbonyl (C=O) groups excluding carboxylic acids is 1. The molecule has 0 aromatic carbocycles. The van der Waals surface area contributed by atoms with E-state index >= 15 is 0 Å². The number of amides is 1. The maximum Gasteiger partial charge on any atom is 0.305 e. The van der Waals surface area contributed by atoms with Crippen LogP contribution in [0.2, 0.25) is 0 Å². The molecule has 0 spiro atoms. The van der Waals surface area contributed by atoms with Gasteiger partial charge in [0.2, 0.25) is 10.0 Å². The van der Waals surface area contributed by atoms with E-state index in [9.17, 15) is 18.0 Å². The van der Waals surface area contributed by atoms with E-state index in [2.05, 4.69) is 10.3 Å². The summed E-state index contributed by atoms with van der Waals surface area (Å²) >= 11 is 1.71. The van der Waals surface area contributed by atoms with E-state index in [0.29, 0.717) is 25.9 Å². The van der Waals surface area contributed by atoms with Crippen molar-refractivity contribution in [2.45, 2.75) is 36.1 Å². The Labute approximate surface area is 150 Å². The van der Waals surface area contributed by atoms with Gasteiger partial charge in [-0.25, -0.2) is 8.42 Å². The van der Waals surface area contributed by atoms with Gasteiger partial charge in [-0.3, -0.25) is 9.59 Å². The molecule has 0 radical (unpaired) electrons. The highest BCUT2D eigenvalue weighted by Crippen LogP contribution is 2.35. The maximum absolute atomic E-state index is 12.6. The molecule has 1 aliphatic heterocycles. The highest BCUT2D eigenvalue weighted by Gasteiger charge is 2.40. The monoisotopic (exact) mass is 387 g/mol. The fourth-order valence-electron chi connectivity index (χ4n) is 3.14. The Morgan fingerprint density at radius 2 is 2.00 bits per heavy atom. The van der Waals surface area contributed by atoms with E-state index in [-0.39, 0.29) is 17.0 Å². The molecule has 3 N–H and O–H groups in total. The first-order valence-electron chi connectivity index (χ1n) is 8.13. The number of thioether (sulfide) groups is 1. The third-order valence-corrected chi connectivity index (χ3v) is 7.51. The molecule has 1 aliphatic carbocycles. The van der Waals surface area contributed by atoms with Crippen molar-refractivity contribution >= 4 is 33.7 Å². The van der Waals surface area contributed by atoms with Crippen molar-refractivity contribution in [3.8, 4) is 0 Å². The molecule has 0 atom stereocenters. The number of carbonyl (C=O) groups is 2. The highest BCUT2D eigenvalue weighted by atomic mass is 32.2. The molecular weight excluding hydrogens is 366 g/mol. The molecule has 2 fully saturated rings. The van der Waals surface area contributed by atoms with Crippen LogP contribution in [0.25, 0.3) is 0 Å². The van der Waals surface area contributed by atoms with Gasteiger partial charge in [-0.1, -0.05) is 0 Å². The van der Waals surface area contributed by atoms with Gasteiger partial charge in [0, 0.05) is 30.8 Å². The Hall–Kier alpha value is -1.52. The number of aromatic nitrogens is 1. The summed E-state index contributed by atoms with van der Waals surface area (Å²) in [6, 6.07) is 1.32. The molecule has 25 heavy (non-hydrogen) atoms. The van der Waals surface area contributed by atoms with Gasteiger partial charge in [0.25, 0.3) is 5.91 Å². The molecule has 1 aromatic rings. The SMILES string of the molecule is O=C(O)CC1(NC(=O)c2cc(S(=O)(=O)N3CCSCC3)c[nH]2)CCC1. The summed E-state index contributed by atoms with van der Waals surface area (Å²) in [5.74, 6) is 0.0815. The van der Waals surface area contributed by atoms with E-state index in [1.54, 1.807) is 11.8 Å². The van der Waals surface area contributed by atoms with Crippen molar-refractivity contribution in [1.29, 1.82) is 0 Å². The van der Waals surface area contributed by atoms with Crippen LogP contribution >= 0.6 is 11.8 Å². The Kier molecular flexibility index (Phi) is 5.12. The lowest BCUT2D eigenvalue weighted by atomic mass is 9.74. The molecule has 3 rings (SSSR count). The first kappa shape index (κ1) is 18.3. The minimum absolute atomic E-state index is 0.0606. The van der Waals surface area contributed by atoms with Gasteiger partial charge in [0.05, 0.1) is 12.0 Å². The number of rotatable bonds is 6. The van der Waals surface area contributed by atoms with Crippen LogP contribution < -0.4 is 5.32 Å². The third-order valence-electron chi connectivity index (χ3n) is 4.69. The molecule has 138 valence electrons. The number of aromatic amines is 1. The van der Waals surface area contributed by atoms with Gasteiger partial charge in [-0.15, -0.1) is 0 Å². The molecule has 0 bridgehead atoms. The second kappa shape index (κ2) is 7.00. The zero-order valence-corrected chi connectivity index (χ0v) is 15.3. The first-order valence-corrected chi connectivity index (χ1v) is 10.7. The number of H-pyrrole nitrogens is 1. The number of carboxylic acid groups (broad SMARTS) is 1. The standard InChI is InChI=1S/C15H21N3O5S2/c19-13(20)9-15(2-1-3-15)17-14(21)12-8-11(10-16-12)25(22,23)18-4-6-24-7-5-18/h8,10,16H,1-7,9H2,(H,17,21)(H,19,20). The van der Waals surface area contributed by atoms with Crippen LogP contribution in [0.15, 0.2) is 17.2 Å². The Bertz CT molecular complexity index is 764. The van der Waals surface area contributed by atoms with Gasteiger partial charge in [-0.05, 0) is 25.3 Å². The average molecular weight is 387 g/mol. The maximum atomic E-state index is 12.6. The number of nitrogens with one attached hydrogen (secondary N) is 2. The average Bonchev–Trinajstić information content (AvgIpc) is 3.04. The normalized spacial score (nSPS) is 20.6. The summed E-state index contributed by atoms with van der Waals surface area (Å²) in [7, 11) is -3.61. The minimum Gasteiger partial charge on any atom is -0.481 e. The van der Waals surface area contributed by atoms with E-state index in [1.165, 1.54) is 16.6 Å². The topological polar surface area (TPSA) is 120 Å². The molecule has 2 aliphatic rings. The lowest BCUT2D eigenvalue weighted by molar-refractivity contribution is -0.139. The smallest absolute Gasteiger partial charge is 0.305 e. The van der Waals surface area contributed by atoms with Crippen LogP contribution in [0.5, 0.6) is 0 Å². The van der Waals surface area contributed by atoms with E-state index in [4.69, 9.17) is 5.11 Å². The summed E-state index contributed by atoms with van der Waals surface area (Å²) < 4.78 is 26.6. The highest BCUT2D eigenvalue weighted by molar-refractivity contribution is 7.99. The predicted molar refractivity (Wildman–Crippen MR) is 93.2 cm³/mol. The van der Waals surface area contributed by atoms with Crippen molar-refractivity contribution < 1.29 is 23.1 Å². The summed E-state index contributed by atoms with van der Waals surface area (Å²) in [4.78, 5) is 26.2. The van der Waals surface area contributed by atoms with Crippen LogP contribution in [0.1, 0.15) is 36.2 Å². The number of aliphatic carboxylic acids is 1. The van der Waals surface area contributed by atoms with E-state index in [1.807, 2.05) is 0 Å². The van der Waals surface area contributed by atoms with Gasteiger partial charge in [0.1, 0.15) is 10.6 Å². The van der Waals surface area contributed by atoms with Gasteiger partial charge in [-0.2, -0.15) is 16.1 Å². The quantitative estimate of drug-likeness (QED) is 0.667. The molecule has 8 nitrogen and oxygen atoms in total. The summed E-state index contributed by atoms with van der Waals surface area (Å²) in [6.07, 6.45) is 3.28. The molecule has 1 amide bonds. The van der Waals surface area contributed by atoms with Crippen LogP contribution in [-0.4, -0.2) is 64.8 Å². The molecule has 1 saturated carbocycles. The lowest BCUT2D eigenvalue weighted by Gasteiger charge is -2.41. The fraction of sp³-hybridized carbons (Fsp3) is 0.600. The zero-order chi connectivity index (χ0) is 18.1. The molecule has 2 heterocycles. The van der Waals surface area contributed by atoms with Crippen molar-refractivity contribution in [2.24, 2.45) is 0 Å². The number of sulfonamides is 1. The van der Waals surface area contributed by atoms with Crippen LogP contribution in [0, 0.1) is 0 Å².